The smallest absolute Gasteiger partial charge is 0.267 e. The fourth-order valence-electron chi connectivity index (χ4n) is 2.20. The first-order valence-electron chi connectivity index (χ1n) is 6.42. The lowest BCUT2D eigenvalue weighted by Gasteiger charge is -2.21. The molecule has 100 valence electrons. The molecule has 0 aliphatic carbocycles. The first-order chi connectivity index (χ1) is 8.70. The van der Waals surface area contributed by atoms with E-state index in [0.717, 1.165) is 23.3 Å². The maximum atomic E-state index is 12.1. The summed E-state index contributed by atoms with van der Waals surface area (Å²) in [4.78, 5) is 12.1. The fourth-order valence-corrected chi connectivity index (χ4v) is 3.87. The van der Waals surface area contributed by atoms with Crippen LogP contribution >= 0.6 is 27.7 Å². The van der Waals surface area contributed by atoms with Crippen LogP contribution in [0, 0.1) is 5.92 Å². The van der Waals surface area contributed by atoms with Gasteiger partial charge in [0, 0.05) is 23.8 Å². The van der Waals surface area contributed by atoms with Crippen LogP contribution in [0.2, 0.25) is 0 Å². The minimum absolute atomic E-state index is 0.0424. The number of carbonyl (C=O) groups excluding carboxylic acids is 1. The molecule has 1 aliphatic rings. The molecule has 0 radical (unpaired) electrons. The zero-order valence-electron chi connectivity index (χ0n) is 10.6. The molecule has 0 atom stereocenters. The molecule has 1 fully saturated rings. The van der Waals surface area contributed by atoms with Crippen LogP contribution in [0.25, 0.3) is 0 Å². The largest absolute Gasteiger partial charge is 0.350 e. The average Bonchev–Trinajstić information content (AvgIpc) is 2.78. The standard InChI is InChI=1S/C13H19BrN2OS/c1-2-16-9-11(14)7-12(16)13(17)15-8-10-3-5-18-6-4-10/h7,9-10H,2-6,8H2,1H3,(H,15,17). The quantitative estimate of drug-likeness (QED) is 0.920. The zero-order chi connectivity index (χ0) is 13.0. The molecule has 1 aliphatic heterocycles. The van der Waals surface area contributed by atoms with E-state index in [1.165, 1.54) is 24.3 Å². The lowest BCUT2D eigenvalue weighted by molar-refractivity contribution is 0.0937. The minimum Gasteiger partial charge on any atom is -0.350 e. The summed E-state index contributed by atoms with van der Waals surface area (Å²) in [7, 11) is 0. The highest BCUT2D eigenvalue weighted by atomic mass is 79.9. The third-order valence-electron chi connectivity index (χ3n) is 3.33. The summed E-state index contributed by atoms with van der Waals surface area (Å²) >= 11 is 5.43. The molecular weight excluding hydrogens is 312 g/mol. The molecule has 1 saturated heterocycles. The fraction of sp³-hybridized carbons (Fsp3) is 0.615. The van der Waals surface area contributed by atoms with E-state index < -0.39 is 0 Å². The molecule has 18 heavy (non-hydrogen) atoms. The molecule has 1 aromatic heterocycles. The Bertz CT molecular complexity index is 413. The van der Waals surface area contributed by atoms with Crippen molar-refractivity contribution in [1.29, 1.82) is 0 Å². The van der Waals surface area contributed by atoms with Gasteiger partial charge >= 0.3 is 0 Å². The third kappa shape index (κ3) is 3.54. The summed E-state index contributed by atoms with van der Waals surface area (Å²) in [6, 6.07) is 1.88. The maximum absolute atomic E-state index is 12.1. The van der Waals surface area contributed by atoms with Crippen molar-refractivity contribution < 1.29 is 4.79 Å². The highest BCUT2D eigenvalue weighted by Crippen LogP contribution is 2.22. The van der Waals surface area contributed by atoms with E-state index in [1.807, 2.05) is 35.5 Å². The van der Waals surface area contributed by atoms with E-state index in [1.54, 1.807) is 0 Å². The Labute approximate surface area is 121 Å². The van der Waals surface area contributed by atoms with Crippen molar-refractivity contribution in [3.63, 3.8) is 0 Å². The van der Waals surface area contributed by atoms with Gasteiger partial charge in [0.1, 0.15) is 5.69 Å². The molecule has 1 N–H and O–H groups in total. The van der Waals surface area contributed by atoms with Gasteiger partial charge in [-0.25, -0.2) is 0 Å². The van der Waals surface area contributed by atoms with Gasteiger partial charge in [0.05, 0.1) is 0 Å². The summed E-state index contributed by atoms with van der Waals surface area (Å²) in [5, 5.41) is 3.07. The van der Waals surface area contributed by atoms with E-state index >= 15 is 0 Å². The zero-order valence-corrected chi connectivity index (χ0v) is 13.0. The molecule has 2 rings (SSSR count). The molecule has 5 heteroatoms. The van der Waals surface area contributed by atoms with Crippen LogP contribution in [0.4, 0.5) is 0 Å². The van der Waals surface area contributed by atoms with Crippen LogP contribution in [-0.4, -0.2) is 28.5 Å². The minimum atomic E-state index is 0.0424. The van der Waals surface area contributed by atoms with Crippen LogP contribution in [0.15, 0.2) is 16.7 Å². The van der Waals surface area contributed by atoms with E-state index in [2.05, 4.69) is 21.2 Å². The second kappa shape index (κ2) is 6.66. The molecule has 1 amide bonds. The first-order valence-corrected chi connectivity index (χ1v) is 8.37. The molecule has 0 aromatic carbocycles. The SMILES string of the molecule is CCn1cc(Br)cc1C(=O)NCC1CCSCC1. The average molecular weight is 331 g/mol. The van der Waals surface area contributed by atoms with Crippen molar-refractivity contribution in [2.24, 2.45) is 5.92 Å². The molecule has 1 aromatic rings. The highest BCUT2D eigenvalue weighted by Gasteiger charge is 2.17. The van der Waals surface area contributed by atoms with E-state index in [-0.39, 0.29) is 5.91 Å². The van der Waals surface area contributed by atoms with E-state index in [4.69, 9.17) is 0 Å². The van der Waals surface area contributed by atoms with Crippen molar-refractivity contribution in [3.05, 3.63) is 22.4 Å². The Morgan fingerprint density at radius 2 is 2.28 bits per heavy atom. The van der Waals surface area contributed by atoms with E-state index in [0.29, 0.717) is 5.92 Å². The Hall–Kier alpha value is -0.420. The van der Waals surface area contributed by atoms with Crippen molar-refractivity contribution in [2.75, 3.05) is 18.1 Å². The summed E-state index contributed by atoms with van der Waals surface area (Å²) in [5.74, 6) is 3.17. The van der Waals surface area contributed by atoms with Crippen molar-refractivity contribution >= 4 is 33.6 Å². The molecule has 0 bridgehead atoms. The lowest BCUT2D eigenvalue weighted by atomic mass is 10.0. The number of amides is 1. The Kier molecular flexibility index (Phi) is 5.18. The Morgan fingerprint density at radius 3 is 2.94 bits per heavy atom. The molecule has 0 unspecified atom stereocenters. The number of nitrogens with one attached hydrogen (secondary N) is 1. The number of halogens is 1. The van der Waals surface area contributed by atoms with Gasteiger partial charge in [0.2, 0.25) is 0 Å². The molecule has 2 heterocycles. The third-order valence-corrected chi connectivity index (χ3v) is 4.81. The van der Waals surface area contributed by atoms with Gasteiger partial charge in [0.25, 0.3) is 5.91 Å². The van der Waals surface area contributed by atoms with Crippen LogP contribution < -0.4 is 5.32 Å². The number of rotatable bonds is 4. The van der Waals surface area contributed by atoms with Gasteiger partial charge in [-0.2, -0.15) is 11.8 Å². The van der Waals surface area contributed by atoms with Crippen LogP contribution in [-0.2, 0) is 6.54 Å². The van der Waals surface area contributed by atoms with Crippen molar-refractivity contribution in [3.8, 4) is 0 Å². The first kappa shape index (κ1) is 14.0. The number of aromatic nitrogens is 1. The van der Waals surface area contributed by atoms with Crippen LogP contribution in [0.3, 0.4) is 0 Å². The Balaban J connectivity index is 1.90. The van der Waals surface area contributed by atoms with Crippen molar-refractivity contribution in [1.82, 2.24) is 9.88 Å². The van der Waals surface area contributed by atoms with Gasteiger partial charge in [-0.1, -0.05) is 0 Å². The normalized spacial score (nSPS) is 16.8. The maximum Gasteiger partial charge on any atom is 0.267 e. The molecule has 3 nitrogen and oxygen atoms in total. The Morgan fingerprint density at radius 1 is 1.56 bits per heavy atom. The van der Waals surface area contributed by atoms with Gasteiger partial charge in [-0.3, -0.25) is 4.79 Å². The summed E-state index contributed by atoms with van der Waals surface area (Å²) in [6.45, 7) is 3.67. The monoisotopic (exact) mass is 330 g/mol. The van der Waals surface area contributed by atoms with Gasteiger partial charge in [0.15, 0.2) is 0 Å². The predicted octanol–water partition coefficient (Wildman–Crippen LogP) is 3.14. The lowest BCUT2D eigenvalue weighted by Crippen LogP contribution is -2.32. The molecule has 0 saturated carbocycles. The molecule has 0 spiro atoms. The second-order valence-electron chi connectivity index (χ2n) is 4.60. The number of nitrogens with zero attached hydrogens (tertiary/aromatic N) is 1. The van der Waals surface area contributed by atoms with Crippen LogP contribution in [0.5, 0.6) is 0 Å². The highest BCUT2D eigenvalue weighted by molar-refractivity contribution is 9.10. The number of hydrogen-bond donors (Lipinski definition) is 1. The van der Waals surface area contributed by atoms with Gasteiger partial charge < -0.3 is 9.88 Å². The second-order valence-corrected chi connectivity index (χ2v) is 6.74. The number of carbonyl (C=O) groups is 1. The van der Waals surface area contributed by atoms with Gasteiger partial charge in [-0.15, -0.1) is 0 Å². The van der Waals surface area contributed by atoms with Crippen molar-refractivity contribution in [2.45, 2.75) is 26.3 Å². The van der Waals surface area contributed by atoms with Crippen LogP contribution in [0.1, 0.15) is 30.3 Å². The summed E-state index contributed by atoms with van der Waals surface area (Å²) in [6.07, 6.45) is 4.40. The van der Waals surface area contributed by atoms with Gasteiger partial charge in [-0.05, 0) is 59.2 Å². The molecular formula is C13H19BrN2OS. The predicted molar refractivity (Wildman–Crippen MR) is 80.2 cm³/mol. The van der Waals surface area contributed by atoms with E-state index in [9.17, 15) is 4.79 Å². The topological polar surface area (TPSA) is 34.0 Å². The number of hydrogen-bond acceptors (Lipinski definition) is 2. The summed E-state index contributed by atoms with van der Waals surface area (Å²) in [5.41, 5.74) is 0.745. The number of aryl methyl sites for hydroxylation is 1. The summed E-state index contributed by atoms with van der Waals surface area (Å²) < 4.78 is 2.93. The number of thioether (sulfide) groups is 1.